The van der Waals surface area contributed by atoms with Crippen molar-refractivity contribution in [2.75, 3.05) is 25.1 Å². The lowest BCUT2D eigenvalue weighted by atomic mass is 10.1. The second kappa shape index (κ2) is 8.71. The van der Waals surface area contributed by atoms with E-state index in [1.165, 1.54) is 0 Å². The van der Waals surface area contributed by atoms with Gasteiger partial charge >= 0.3 is 0 Å². The molecule has 1 atom stereocenters. The molecule has 142 valence electrons. The lowest BCUT2D eigenvalue weighted by Gasteiger charge is -2.23. The standard InChI is InChI=1S/C19H19ClN4O2.ClH/c20-15-2-1-3-16-18(15)24-19(23-16)12-4-6-13(7-5-12)22-17(25)10-14-11-26-9-8-21-14;/h1-7,14,21H,8-11H2,(H,22,25)(H,23,24);1H. The molecular weight excluding hydrogens is 387 g/mol. The van der Waals surface area contributed by atoms with Crippen LogP contribution in [0.25, 0.3) is 22.4 Å². The molecule has 1 aliphatic rings. The summed E-state index contributed by atoms with van der Waals surface area (Å²) in [7, 11) is 0. The molecule has 27 heavy (non-hydrogen) atoms. The van der Waals surface area contributed by atoms with Crippen LogP contribution in [0.2, 0.25) is 5.02 Å². The highest BCUT2D eigenvalue weighted by molar-refractivity contribution is 6.35. The summed E-state index contributed by atoms with van der Waals surface area (Å²) in [6.45, 7) is 2.06. The van der Waals surface area contributed by atoms with E-state index in [0.29, 0.717) is 24.7 Å². The van der Waals surface area contributed by atoms with Gasteiger partial charge in [-0.2, -0.15) is 0 Å². The quantitative estimate of drug-likeness (QED) is 0.617. The van der Waals surface area contributed by atoms with Gasteiger partial charge in [-0.3, -0.25) is 4.79 Å². The van der Waals surface area contributed by atoms with Crippen LogP contribution in [0.15, 0.2) is 42.5 Å². The SMILES string of the molecule is Cl.O=C(CC1COCCN1)Nc1ccc(-c2nc3c(Cl)cccc3[nH]2)cc1. The molecule has 2 aromatic carbocycles. The Labute approximate surface area is 168 Å². The Morgan fingerprint density at radius 2 is 2.07 bits per heavy atom. The van der Waals surface area contributed by atoms with Crippen LogP contribution in [0.4, 0.5) is 5.69 Å². The molecular formula is C19H20Cl2N4O2. The number of rotatable bonds is 4. The van der Waals surface area contributed by atoms with Crippen LogP contribution in [0.5, 0.6) is 0 Å². The third kappa shape index (κ3) is 4.59. The van der Waals surface area contributed by atoms with E-state index < -0.39 is 0 Å². The summed E-state index contributed by atoms with van der Waals surface area (Å²) in [5.74, 6) is 0.714. The van der Waals surface area contributed by atoms with Crippen molar-refractivity contribution in [1.29, 1.82) is 0 Å². The minimum Gasteiger partial charge on any atom is -0.378 e. The zero-order valence-electron chi connectivity index (χ0n) is 14.5. The third-order valence-corrected chi connectivity index (χ3v) is 4.64. The van der Waals surface area contributed by atoms with Gasteiger partial charge in [0.15, 0.2) is 0 Å². The van der Waals surface area contributed by atoms with E-state index in [1.54, 1.807) is 0 Å². The highest BCUT2D eigenvalue weighted by Gasteiger charge is 2.17. The van der Waals surface area contributed by atoms with E-state index >= 15 is 0 Å². The minimum atomic E-state index is -0.0312. The number of hydrogen-bond acceptors (Lipinski definition) is 4. The Morgan fingerprint density at radius 3 is 2.78 bits per heavy atom. The summed E-state index contributed by atoms with van der Waals surface area (Å²) in [6.07, 6.45) is 0.393. The molecule has 8 heteroatoms. The van der Waals surface area contributed by atoms with Gasteiger partial charge in [0, 0.05) is 30.3 Å². The molecule has 6 nitrogen and oxygen atoms in total. The van der Waals surface area contributed by atoms with E-state index in [1.807, 2.05) is 42.5 Å². The number of morpholine rings is 1. The number of para-hydroxylation sites is 1. The van der Waals surface area contributed by atoms with Gasteiger partial charge in [0.2, 0.25) is 5.91 Å². The molecule has 0 bridgehead atoms. The van der Waals surface area contributed by atoms with Crippen LogP contribution < -0.4 is 10.6 Å². The first kappa shape index (κ1) is 19.6. The maximum atomic E-state index is 12.2. The number of aromatic amines is 1. The van der Waals surface area contributed by atoms with Crippen molar-refractivity contribution in [3.8, 4) is 11.4 Å². The van der Waals surface area contributed by atoms with Crippen molar-refractivity contribution in [2.45, 2.75) is 12.5 Å². The predicted molar refractivity (Wildman–Crippen MR) is 110 cm³/mol. The molecule has 1 aromatic heterocycles. The second-order valence-corrected chi connectivity index (χ2v) is 6.68. The smallest absolute Gasteiger partial charge is 0.226 e. The van der Waals surface area contributed by atoms with E-state index in [-0.39, 0.29) is 24.4 Å². The van der Waals surface area contributed by atoms with E-state index in [0.717, 1.165) is 34.7 Å². The molecule has 1 aliphatic heterocycles. The maximum Gasteiger partial charge on any atom is 0.226 e. The average Bonchev–Trinajstić information content (AvgIpc) is 3.09. The van der Waals surface area contributed by atoms with E-state index in [2.05, 4.69) is 20.6 Å². The number of anilines is 1. The first-order chi connectivity index (χ1) is 12.7. The number of amides is 1. The number of imidazole rings is 1. The number of nitrogens with one attached hydrogen (secondary N) is 3. The van der Waals surface area contributed by atoms with Gasteiger partial charge in [0.25, 0.3) is 0 Å². The maximum absolute atomic E-state index is 12.2. The van der Waals surface area contributed by atoms with Crippen molar-refractivity contribution in [3.05, 3.63) is 47.5 Å². The van der Waals surface area contributed by atoms with Gasteiger partial charge in [-0.1, -0.05) is 17.7 Å². The van der Waals surface area contributed by atoms with Crippen molar-refractivity contribution in [2.24, 2.45) is 0 Å². The number of hydrogen-bond donors (Lipinski definition) is 3. The van der Waals surface area contributed by atoms with Gasteiger partial charge in [-0.25, -0.2) is 4.98 Å². The lowest BCUT2D eigenvalue weighted by Crippen LogP contribution is -2.43. The van der Waals surface area contributed by atoms with Crippen molar-refractivity contribution in [1.82, 2.24) is 15.3 Å². The molecule has 0 spiro atoms. The number of ether oxygens (including phenoxy) is 1. The van der Waals surface area contributed by atoms with Gasteiger partial charge in [-0.05, 0) is 36.4 Å². The summed E-state index contributed by atoms with van der Waals surface area (Å²) < 4.78 is 5.37. The van der Waals surface area contributed by atoms with Gasteiger partial charge < -0.3 is 20.4 Å². The predicted octanol–water partition coefficient (Wildman–Crippen LogP) is 3.62. The normalized spacial score (nSPS) is 16.7. The molecule has 3 N–H and O–H groups in total. The summed E-state index contributed by atoms with van der Waals surface area (Å²) in [5.41, 5.74) is 3.33. The molecule has 1 amide bonds. The second-order valence-electron chi connectivity index (χ2n) is 6.28. The highest BCUT2D eigenvalue weighted by Crippen LogP contribution is 2.26. The minimum absolute atomic E-state index is 0. The number of carbonyl (C=O) groups is 1. The Balaban J connectivity index is 0.00000210. The van der Waals surface area contributed by atoms with Crippen LogP contribution in [0, 0.1) is 0 Å². The topological polar surface area (TPSA) is 79.0 Å². The number of benzene rings is 2. The summed E-state index contributed by atoms with van der Waals surface area (Å²) in [5, 5.41) is 6.81. The number of H-pyrrole nitrogens is 1. The Hall–Kier alpha value is -2.12. The van der Waals surface area contributed by atoms with E-state index in [9.17, 15) is 4.79 Å². The first-order valence-electron chi connectivity index (χ1n) is 8.55. The molecule has 0 radical (unpaired) electrons. The van der Waals surface area contributed by atoms with Crippen molar-refractivity contribution >= 4 is 46.6 Å². The number of fused-ring (bicyclic) bond motifs is 1. The highest BCUT2D eigenvalue weighted by atomic mass is 35.5. The fraction of sp³-hybridized carbons (Fsp3) is 0.263. The van der Waals surface area contributed by atoms with Crippen LogP contribution in [-0.4, -0.2) is 41.7 Å². The van der Waals surface area contributed by atoms with Crippen LogP contribution in [0.1, 0.15) is 6.42 Å². The number of aromatic nitrogens is 2. The van der Waals surface area contributed by atoms with Crippen LogP contribution >= 0.6 is 24.0 Å². The molecule has 2 heterocycles. The molecule has 0 aliphatic carbocycles. The fourth-order valence-electron chi connectivity index (χ4n) is 3.03. The Kier molecular flexibility index (Phi) is 6.34. The molecule has 0 saturated carbocycles. The summed E-state index contributed by atoms with van der Waals surface area (Å²) in [4.78, 5) is 20.0. The largest absolute Gasteiger partial charge is 0.378 e. The summed E-state index contributed by atoms with van der Waals surface area (Å²) >= 11 is 6.18. The lowest BCUT2D eigenvalue weighted by molar-refractivity contribution is -0.117. The summed E-state index contributed by atoms with van der Waals surface area (Å²) in [6, 6.07) is 13.3. The third-order valence-electron chi connectivity index (χ3n) is 4.34. The molecule has 1 saturated heterocycles. The van der Waals surface area contributed by atoms with Crippen molar-refractivity contribution < 1.29 is 9.53 Å². The van der Waals surface area contributed by atoms with Gasteiger partial charge in [-0.15, -0.1) is 12.4 Å². The zero-order valence-corrected chi connectivity index (χ0v) is 16.1. The number of halogens is 2. The van der Waals surface area contributed by atoms with Crippen LogP contribution in [0.3, 0.4) is 0 Å². The van der Waals surface area contributed by atoms with E-state index in [4.69, 9.17) is 16.3 Å². The molecule has 4 rings (SSSR count). The molecule has 1 fully saturated rings. The van der Waals surface area contributed by atoms with Crippen LogP contribution in [-0.2, 0) is 9.53 Å². The van der Waals surface area contributed by atoms with Gasteiger partial charge in [0.1, 0.15) is 11.3 Å². The number of carbonyl (C=O) groups excluding carboxylic acids is 1. The zero-order chi connectivity index (χ0) is 17.9. The Morgan fingerprint density at radius 1 is 1.26 bits per heavy atom. The molecule has 3 aromatic rings. The average molecular weight is 407 g/mol. The fourth-order valence-corrected chi connectivity index (χ4v) is 3.25. The first-order valence-corrected chi connectivity index (χ1v) is 8.92. The monoisotopic (exact) mass is 406 g/mol. The van der Waals surface area contributed by atoms with Crippen molar-refractivity contribution in [3.63, 3.8) is 0 Å². The molecule has 1 unspecified atom stereocenters. The van der Waals surface area contributed by atoms with Gasteiger partial charge in [0.05, 0.1) is 23.8 Å². The number of nitrogens with zero attached hydrogens (tertiary/aromatic N) is 1. The Bertz CT molecular complexity index is 921.